The van der Waals surface area contributed by atoms with Crippen molar-refractivity contribution in [3.8, 4) is 0 Å². The van der Waals surface area contributed by atoms with Gasteiger partial charge in [0.1, 0.15) is 6.04 Å². The van der Waals surface area contributed by atoms with E-state index in [0.29, 0.717) is 10.7 Å². The van der Waals surface area contributed by atoms with Gasteiger partial charge in [-0.1, -0.05) is 25.4 Å². The topological polar surface area (TPSA) is 86.7 Å². The second-order valence-electron chi connectivity index (χ2n) is 5.95. The van der Waals surface area contributed by atoms with E-state index in [0.717, 1.165) is 0 Å². The maximum absolute atomic E-state index is 12.3. The number of hydrogen-bond acceptors (Lipinski definition) is 3. The molecule has 0 spiro atoms. The number of anilines is 1. The highest BCUT2D eigenvalue weighted by molar-refractivity contribution is 6.30. The summed E-state index contributed by atoms with van der Waals surface area (Å²) in [5.41, 5.74) is 0.674. The molecule has 1 aliphatic heterocycles. The average Bonchev–Trinajstić information content (AvgIpc) is 2.86. The lowest BCUT2D eigenvalue weighted by Crippen LogP contribution is -2.47. The lowest BCUT2D eigenvalue weighted by atomic mass is 10.0. The van der Waals surface area contributed by atoms with Crippen LogP contribution in [0.5, 0.6) is 0 Å². The first-order valence-electron chi connectivity index (χ1n) is 7.38. The highest BCUT2D eigenvalue weighted by atomic mass is 35.5. The molecular weight excluding hydrogens is 320 g/mol. The Hall–Kier alpha value is -2.08. The molecule has 0 bridgehead atoms. The third-order valence-corrected chi connectivity index (χ3v) is 4.12. The minimum atomic E-state index is -1.08. The second-order valence-corrected chi connectivity index (χ2v) is 6.39. The van der Waals surface area contributed by atoms with Crippen LogP contribution >= 0.6 is 11.6 Å². The predicted octanol–water partition coefficient (Wildman–Crippen LogP) is 1.92. The van der Waals surface area contributed by atoms with Gasteiger partial charge in [-0.15, -0.1) is 0 Å². The Morgan fingerprint density at radius 3 is 2.43 bits per heavy atom. The van der Waals surface area contributed by atoms with Crippen molar-refractivity contribution in [3.05, 3.63) is 29.3 Å². The minimum Gasteiger partial charge on any atom is -0.480 e. The fourth-order valence-electron chi connectivity index (χ4n) is 2.54. The molecule has 2 amide bonds. The highest BCUT2D eigenvalue weighted by Gasteiger charge is 2.37. The lowest BCUT2D eigenvalue weighted by molar-refractivity contribution is -0.143. The summed E-state index contributed by atoms with van der Waals surface area (Å²) in [4.78, 5) is 37.1. The molecule has 2 N–H and O–H groups in total. The Morgan fingerprint density at radius 2 is 1.91 bits per heavy atom. The molecule has 1 heterocycles. The third-order valence-electron chi connectivity index (χ3n) is 3.86. The van der Waals surface area contributed by atoms with Crippen molar-refractivity contribution in [1.29, 1.82) is 0 Å². The van der Waals surface area contributed by atoms with E-state index in [1.165, 1.54) is 4.90 Å². The molecule has 1 aliphatic rings. The summed E-state index contributed by atoms with van der Waals surface area (Å²) < 4.78 is 0. The number of amides is 2. The molecule has 1 unspecified atom stereocenters. The van der Waals surface area contributed by atoms with Crippen LogP contribution in [-0.2, 0) is 14.4 Å². The molecule has 1 fully saturated rings. The molecule has 124 valence electrons. The number of nitrogens with one attached hydrogen (secondary N) is 1. The normalized spacial score (nSPS) is 19.0. The first kappa shape index (κ1) is 17.3. The van der Waals surface area contributed by atoms with E-state index >= 15 is 0 Å². The summed E-state index contributed by atoms with van der Waals surface area (Å²) >= 11 is 5.83. The fourth-order valence-corrected chi connectivity index (χ4v) is 2.66. The van der Waals surface area contributed by atoms with Crippen LogP contribution < -0.4 is 10.2 Å². The van der Waals surface area contributed by atoms with Gasteiger partial charge < -0.3 is 15.3 Å². The lowest BCUT2D eigenvalue weighted by Gasteiger charge is -2.20. The van der Waals surface area contributed by atoms with Crippen LogP contribution in [0.1, 0.15) is 20.3 Å². The van der Waals surface area contributed by atoms with Gasteiger partial charge in [0, 0.05) is 23.7 Å². The van der Waals surface area contributed by atoms with E-state index in [2.05, 4.69) is 5.32 Å². The number of nitrogens with zero attached hydrogens (tertiary/aromatic N) is 1. The number of hydrogen-bond donors (Lipinski definition) is 2. The highest BCUT2D eigenvalue weighted by Crippen LogP contribution is 2.26. The molecule has 6 nitrogen and oxygen atoms in total. The molecule has 0 saturated carbocycles. The van der Waals surface area contributed by atoms with Crippen molar-refractivity contribution in [2.45, 2.75) is 26.3 Å². The van der Waals surface area contributed by atoms with Gasteiger partial charge in [0.15, 0.2) is 0 Å². The number of aliphatic carboxylic acids is 1. The van der Waals surface area contributed by atoms with Gasteiger partial charge in [0.2, 0.25) is 11.8 Å². The summed E-state index contributed by atoms with van der Waals surface area (Å²) in [7, 11) is 0. The maximum Gasteiger partial charge on any atom is 0.326 e. The Kier molecular flexibility index (Phi) is 5.26. The zero-order valence-electron chi connectivity index (χ0n) is 13.0. The van der Waals surface area contributed by atoms with Crippen molar-refractivity contribution in [2.75, 3.05) is 11.4 Å². The fraction of sp³-hybridized carbons (Fsp3) is 0.438. The van der Waals surface area contributed by atoms with Crippen molar-refractivity contribution >= 4 is 35.1 Å². The van der Waals surface area contributed by atoms with Crippen LogP contribution in [0.4, 0.5) is 5.69 Å². The van der Waals surface area contributed by atoms with Gasteiger partial charge in [-0.2, -0.15) is 0 Å². The van der Waals surface area contributed by atoms with Crippen LogP contribution in [0.25, 0.3) is 0 Å². The van der Waals surface area contributed by atoms with E-state index in [1.54, 1.807) is 38.1 Å². The summed E-state index contributed by atoms with van der Waals surface area (Å²) in [6.07, 6.45) is 0.0683. The van der Waals surface area contributed by atoms with Gasteiger partial charge in [0.25, 0.3) is 0 Å². The average molecular weight is 339 g/mol. The third kappa shape index (κ3) is 4.01. The molecule has 1 aromatic rings. The number of carbonyl (C=O) groups excluding carboxylic acids is 2. The largest absolute Gasteiger partial charge is 0.480 e. The Labute approximate surface area is 139 Å². The smallest absolute Gasteiger partial charge is 0.326 e. The van der Waals surface area contributed by atoms with Crippen LogP contribution in [0.3, 0.4) is 0 Å². The predicted molar refractivity (Wildman–Crippen MR) is 86.3 cm³/mol. The zero-order chi connectivity index (χ0) is 17.1. The van der Waals surface area contributed by atoms with E-state index in [1.807, 2.05) is 0 Å². The van der Waals surface area contributed by atoms with E-state index in [9.17, 15) is 14.4 Å². The molecule has 1 saturated heterocycles. The quantitative estimate of drug-likeness (QED) is 0.858. The van der Waals surface area contributed by atoms with Gasteiger partial charge in [-0.25, -0.2) is 4.79 Å². The van der Waals surface area contributed by atoms with Crippen molar-refractivity contribution < 1.29 is 19.5 Å². The van der Waals surface area contributed by atoms with Crippen LogP contribution in [0, 0.1) is 11.8 Å². The Bertz CT molecular complexity index is 615. The Morgan fingerprint density at radius 1 is 1.30 bits per heavy atom. The number of halogens is 1. The number of benzene rings is 1. The minimum absolute atomic E-state index is 0.0683. The summed E-state index contributed by atoms with van der Waals surface area (Å²) in [5.74, 6) is -2.44. The monoisotopic (exact) mass is 338 g/mol. The van der Waals surface area contributed by atoms with E-state index < -0.39 is 23.8 Å². The first-order chi connectivity index (χ1) is 10.8. The first-order valence-corrected chi connectivity index (χ1v) is 7.76. The van der Waals surface area contributed by atoms with Crippen LogP contribution in [0.15, 0.2) is 24.3 Å². The van der Waals surface area contributed by atoms with Crippen molar-refractivity contribution in [3.63, 3.8) is 0 Å². The van der Waals surface area contributed by atoms with Crippen molar-refractivity contribution in [1.82, 2.24) is 5.32 Å². The Balaban J connectivity index is 2.05. The van der Waals surface area contributed by atoms with Gasteiger partial charge >= 0.3 is 5.97 Å². The number of rotatable bonds is 5. The molecule has 1 aromatic carbocycles. The van der Waals surface area contributed by atoms with E-state index in [-0.39, 0.29) is 24.8 Å². The molecule has 0 aliphatic carbocycles. The molecule has 2 rings (SSSR count). The summed E-state index contributed by atoms with van der Waals surface area (Å²) in [6, 6.07) is 5.83. The molecule has 7 heteroatoms. The number of carbonyl (C=O) groups is 3. The van der Waals surface area contributed by atoms with E-state index in [4.69, 9.17) is 16.7 Å². The SMILES string of the molecule is CC(C)[C@H](NC(=O)C1CC(=O)N(c2ccc(Cl)cc2)C1)C(=O)O. The molecule has 0 radical (unpaired) electrons. The standard InChI is InChI=1S/C16H19ClN2O4/c1-9(2)14(16(22)23)18-15(21)10-7-13(20)19(8-10)12-5-3-11(17)4-6-12/h3-6,9-10,14H,7-8H2,1-2H3,(H,18,21)(H,22,23)/t10?,14-/m0/s1. The van der Waals surface area contributed by atoms with Gasteiger partial charge in [-0.3, -0.25) is 9.59 Å². The van der Waals surface area contributed by atoms with Gasteiger partial charge in [-0.05, 0) is 30.2 Å². The number of carboxylic acids is 1. The maximum atomic E-state index is 12.3. The summed E-state index contributed by atoms with van der Waals surface area (Å²) in [5, 5.41) is 12.2. The molecule has 23 heavy (non-hydrogen) atoms. The zero-order valence-corrected chi connectivity index (χ0v) is 13.7. The van der Waals surface area contributed by atoms with Crippen LogP contribution in [0.2, 0.25) is 5.02 Å². The molecule has 2 atom stereocenters. The molecule has 0 aromatic heterocycles. The molecular formula is C16H19ClN2O4. The van der Waals surface area contributed by atoms with Crippen LogP contribution in [-0.4, -0.2) is 35.5 Å². The van der Waals surface area contributed by atoms with Gasteiger partial charge in [0.05, 0.1) is 5.92 Å². The van der Waals surface area contributed by atoms with Crippen molar-refractivity contribution in [2.24, 2.45) is 11.8 Å². The number of carboxylic acid groups (broad SMARTS) is 1. The summed E-state index contributed by atoms with van der Waals surface area (Å²) in [6.45, 7) is 3.68. The second kappa shape index (κ2) is 7.00.